The Morgan fingerprint density at radius 3 is 2.41 bits per heavy atom. The third-order valence-corrected chi connectivity index (χ3v) is 3.97. The Balaban J connectivity index is 1.96. The van der Waals surface area contributed by atoms with Crippen molar-refractivity contribution < 1.29 is 14.5 Å². The van der Waals surface area contributed by atoms with Crippen molar-refractivity contribution in [2.75, 3.05) is 6.54 Å². The average Bonchev–Trinajstić information content (AvgIpc) is 2.66. The fourth-order valence-corrected chi connectivity index (χ4v) is 2.70. The molecule has 0 aliphatic heterocycles. The van der Waals surface area contributed by atoms with Crippen molar-refractivity contribution in [2.24, 2.45) is 5.92 Å². The summed E-state index contributed by atoms with van der Waals surface area (Å²) < 4.78 is 0. The summed E-state index contributed by atoms with van der Waals surface area (Å²) in [6.07, 6.45) is 0.772. The van der Waals surface area contributed by atoms with Crippen LogP contribution in [0.2, 0.25) is 0 Å². The van der Waals surface area contributed by atoms with Gasteiger partial charge in [-0.25, -0.2) is 0 Å². The van der Waals surface area contributed by atoms with Crippen LogP contribution in [0.5, 0.6) is 0 Å². The molecule has 0 aliphatic carbocycles. The highest BCUT2D eigenvalue weighted by Gasteiger charge is 2.17. The first-order chi connectivity index (χ1) is 12.9. The van der Waals surface area contributed by atoms with Crippen LogP contribution < -0.4 is 10.6 Å². The van der Waals surface area contributed by atoms with Gasteiger partial charge in [0.2, 0.25) is 5.91 Å². The number of non-ortho nitro benzene ring substituents is 1. The third-order valence-electron chi connectivity index (χ3n) is 3.97. The molecular formula is C20H23N3O4. The molecule has 2 N–H and O–H groups in total. The number of carbonyl (C=O) groups is 2. The average molecular weight is 369 g/mol. The van der Waals surface area contributed by atoms with E-state index in [2.05, 4.69) is 24.5 Å². The summed E-state index contributed by atoms with van der Waals surface area (Å²) in [6, 6.07) is 14.9. The van der Waals surface area contributed by atoms with Crippen LogP contribution in [-0.4, -0.2) is 23.3 Å². The molecule has 0 radical (unpaired) electrons. The molecule has 2 rings (SSSR count). The number of nitro groups is 1. The molecule has 2 amide bonds. The van der Waals surface area contributed by atoms with Gasteiger partial charge in [-0.3, -0.25) is 19.7 Å². The van der Waals surface area contributed by atoms with Crippen molar-refractivity contribution in [2.45, 2.75) is 26.3 Å². The molecule has 0 aliphatic rings. The molecule has 142 valence electrons. The monoisotopic (exact) mass is 369 g/mol. The van der Waals surface area contributed by atoms with Crippen LogP contribution in [-0.2, 0) is 4.79 Å². The minimum Gasteiger partial charge on any atom is -0.348 e. The van der Waals surface area contributed by atoms with E-state index in [-0.39, 0.29) is 29.7 Å². The molecule has 0 saturated heterocycles. The van der Waals surface area contributed by atoms with E-state index in [1.807, 2.05) is 30.3 Å². The van der Waals surface area contributed by atoms with Gasteiger partial charge in [0.25, 0.3) is 11.6 Å². The van der Waals surface area contributed by atoms with E-state index in [0.29, 0.717) is 5.92 Å². The van der Waals surface area contributed by atoms with Crippen molar-refractivity contribution in [1.82, 2.24) is 10.6 Å². The summed E-state index contributed by atoms with van der Waals surface area (Å²) in [5.41, 5.74) is 0.969. The molecule has 27 heavy (non-hydrogen) atoms. The van der Waals surface area contributed by atoms with Crippen LogP contribution in [0, 0.1) is 16.0 Å². The van der Waals surface area contributed by atoms with E-state index in [4.69, 9.17) is 0 Å². The smallest absolute Gasteiger partial charge is 0.270 e. The lowest BCUT2D eigenvalue weighted by atomic mass is 9.97. The number of nitrogens with one attached hydrogen (secondary N) is 2. The van der Waals surface area contributed by atoms with Gasteiger partial charge in [0.1, 0.15) is 0 Å². The van der Waals surface area contributed by atoms with E-state index in [0.717, 1.165) is 12.0 Å². The lowest BCUT2D eigenvalue weighted by Crippen LogP contribution is -2.39. The molecule has 0 bridgehead atoms. The van der Waals surface area contributed by atoms with Gasteiger partial charge in [0.05, 0.1) is 17.5 Å². The normalized spacial score (nSPS) is 11.7. The SMILES string of the molecule is CC(C)CC(NC(=O)CNC(=O)c1cccc([N+](=O)[O-])c1)c1ccccc1. The second-order valence-corrected chi connectivity index (χ2v) is 6.65. The first-order valence-corrected chi connectivity index (χ1v) is 8.73. The van der Waals surface area contributed by atoms with Crippen molar-refractivity contribution >= 4 is 17.5 Å². The summed E-state index contributed by atoms with van der Waals surface area (Å²) in [6.45, 7) is 3.95. The zero-order chi connectivity index (χ0) is 19.8. The highest BCUT2D eigenvalue weighted by atomic mass is 16.6. The molecule has 2 aromatic carbocycles. The summed E-state index contributed by atoms with van der Waals surface area (Å²) in [5, 5.41) is 16.2. The van der Waals surface area contributed by atoms with Gasteiger partial charge in [-0.1, -0.05) is 50.2 Å². The number of hydrogen-bond donors (Lipinski definition) is 2. The Labute approximate surface area is 157 Å². The molecule has 7 heteroatoms. The zero-order valence-corrected chi connectivity index (χ0v) is 15.3. The molecule has 0 aromatic heterocycles. The number of hydrogen-bond acceptors (Lipinski definition) is 4. The number of nitro benzene ring substituents is 1. The van der Waals surface area contributed by atoms with Crippen LogP contribution in [0.4, 0.5) is 5.69 Å². The van der Waals surface area contributed by atoms with Crippen LogP contribution in [0.1, 0.15) is 42.2 Å². The maximum atomic E-state index is 12.3. The molecule has 0 spiro atoms. The van der Waals surface area contributed by atoms with Gasteiger partial charge < -0.3 is 10.6 Å². The van der Waals surface area contributed by atoms with Gasteiger partial charge >= 0.3 is 0 Å². The number of amides is 2. The number of carbonyl (C=O) groups excluding carboxylic acids is 2. The fraction of sp³-hybridized carbons (Fsp3) is 0.300. The molecule has 0 heterocycles. The quantitative estimate of drug-likeness (QED) is 0.551. The van der Waals surface area contributed by atoms with Crippen LogP contribution >= 0.6 is 0 Å². The number of nitrogens with zero attached hydrogens (tertiary/aromatic N) is 1. The standard InChI is InChI=1S/C20H23N3O4/c1-14(2)11-18(15-7-4-3-5-8-15)22-19(24)13-21-20(25)16-9-6-10-17(12-16)23(26)27/h3-10,12,14,18H,11,13H2,1-2H3,(H,21,25)(H,22,24). The van der Waals surface area contributed by atoms with E-state index < -0.39 is 10.8 Å². The Morgan fingerprint density at radius 1 is 1.07 bits per heavy atom. The summed E-state index contributed by atoms with van der Waals surface area (Å²) in [7, 11) is 0. The predicted molar refractivity (Wildman–Crippen MR) is 102 cm³/mol. The zero-order valence-electron chi connectivity index (χ0n) is 15.3. The largest absolute Gasteiger partial charge is 0.348 e. The second-order valence-electron chi connectivity index (χ2n) is 6.65. The van der Waals surface area contributed by atoms with Crippen LogP contribution in [0.15, 0.2) is 54.6 Å². The fourth-order valence-electron chi connectivity index (χ4n) is 2.70. The molecule has 1 unspecified atom stereocenters. The van der Waals surface area contributed by atoms with Gasteiger partial charge in [-0.15, -0.1) is 0 Å². The Hall–Kier alpha value is -3.22. The van der Waals surface area contributed by atoms with Gasteiger partial charge in [-0.05, 0) is 24.0 Å². The maximum Gasteiger partial charge on any atom is 0.270 e. The first kappa shape index (κ1) is 20.1. The van der Waals surface area contributed by atoms with Gasteiger partial charge in [0.15, 0.2) is 0 Å². The Kier molecular flexibility index (Phi) is 7.05. The molecule has 7 nitrogen and oxygen atoms in total. The van der Waals surface area contributed by atoms with Gasteiger partial charge in [-0.2, -0.15) is 0 Å². The summed E-state index contributed by atoms with van der Waals surface area (Å²) in [4.78, 5) is 34.7. The maximum absolute atomic E-state index is 12.3. The third kappa shape index (κ3) is 6.22. The Bertz CT molecular complexity index is 806. The van der Waals surface area contributed by atoms with Crippen molar-refractivity contribution in [3.8, 4) is 0 Å². The Morgan fingerprint density at radius 2 is 1.78 bits per heavy atom. The number of rotatable bonds is 8. The minimum absolute atomic E-state index is 0.138. The van der Waals surface area contributed by atoms with E-state index in [1.165, 1.54) is 24.3 Å². The first-order valence-electron chi connectivity index (χ1n) is 8.73. The summed E-state index contributed by atoms with van der Waals surface area (Å²) >= 11 is 0. The lowest BCUT2D eigenvalue weighted by Gasteiger charge is -2.21. The molecule has 0 fully saturated rings. The van der Waals surface area contributed by atoms with Crippen molar-refractivity contribution in [1.29, 1.82) is 0 Å². The molecule has 0 saturated carbocycles. The highest BCUT2D eigenvalue weighted by molar-refractivity contribution is 5.97. The van der Waals surface area contributed by atoms with Crippen LogP contribution in [0.25, 0.3) is 0 Å². The van der Waals surface area contributed by atoms with E-state index in [1.54, 1.807) is 0 Å². The van der Waals surface area contributed by atoms with Crippen LogP contribution in [0.3, 0.4) is 0 Å². The number of benzene rings is 2. The predicted octanol–water partition coefficient (Wildman–Crippen LogP) is 3.23. The topological polar surface area (TPSA) is 101 Å². The molecular weight excluding hydrogens is 346 g/mol. The highest BCUT2D eigenvalue weighted by Crippen LogP contribution is 2.20. The van der Waals surface area contributed by atoms with E-state index >= 15 is 0 Å². The van der Waals surface area contributed by atoms with Crippen molar-refractivity contribution in [3.63, 3.8) is 0 Å². The summed E-state index contributed by atoms with van der Waals surface area (Å²) in [5.74, 6) is -0.466. The molecule has 2 aromatic rings. The lowest BCUT2D eigenvalue weighted by molar-refractivity contribution is -0.384. The van der Waals surface area contributed by atoms with Crippen molar-refractivity contribution in [3.05, 3.63) is 75.8 Å². The molecule has 1 atom stereocenters. The van der Waals surface area contributed by atoms with E-state index in [9.17, 15) is 19.7 Å². The minimum atomic E-state index is -0.570. The van der Waals surface area contributed by atoms with Gasteiger partial charge in [0, 0.05) is 17.7 Å². The second kappa shape index (κ2) is 9.47.